The molecule has 0 aliphatic carbocycles. The molecule has 72 valence electrons. The second kappa shape index (κ2) is 4.28. The third-order valence-electron chi connectivity index (χ3n) is 1.76. The van der Waals surface area contributed by atoms with Crippen molar-refractivity contribution in [3.63, 3.8) is 0 Å². The quantitative estimate of drug-likeness (QED) is 0.852. The summed E-state index contributed by atoms with van der Waals surface area (Å²) in [7, 11) is 0. The summed E-state index contributed by atoms with van der Waals surface area (Å²) in [6.07, 6.45) is -0.936. The Morgan fingerprint density at radius 3 is 2.69 bits per heavy atom. The number of hydrogen-bond acceptors (Lipinski definition) is 2. The van der Waals surface area contributed by atoms with E-state index >= 15 is 0 Å². The van der Waals surface area contributed by atoms with Gasteiger partial charge in [0.25, 0.3) is 6.43 Å². The normalized spacial score (nSPS) is 10.9. The highest BCUT2D eigenvalue weighted by atomic mass is 127. The van der Waals surface area contributed by atoms with Crippen LogP contribution in [-0.2, 0) is 6.54 Å². The number of halogens is 3. The highest BCUT2D eigenvalue weighted by Gasteiger charge is 2.17. The minimum Gasteiger partial charge on any atom is -0.326 e. The van der Waals surface area contributed by atoms with E-state index in [1.165, 1.54) is 0 Å². The smallest absolute Gasteiger partial charge is 0.266 e. The second-order valence-corrected chi connectivity index (χ2v) is 3.68. The summed E-state index contributed by atoms with van der Waals surface area (Å²) in [4.78, 5) is 3.87. The topological polar surface area (TPSA) is 38.9 Å². The van der Waals surface area contributed by atoms with Gasteiger partial charge in [0.05, 0.1) is 5.56 Å². The van der Waals surface area contributed by atoms with Crippen LogP contribution in [0.2, 0.25) is 0 Å². The van der Waals surface area contributed by atoms with Gasteiger partial charge < -0.3 is 5.73 Å². The van der Waals surface area contributed by atoms with Crippen LogP contribution in [-0.4, -0.2) is 4.98 Å². The first kappa shape index (κ1) is 10.8. The summed E-state index contributed by atoms with van der Waals surface area (Å²) in [5, 5.41) is 0. The number of aromatic nitrogens is 1. The predicted octanol–water partition coefficient (Wildman–Crippen LogP) is 2.39. The van der Waals surface area contributed by atoms with Gasteiger partial charge in [0.15, 0.2) is 0 Å². The number of aryl methyl sites for hydroxylation is 1. The van der Waals surface area contributed by atoms with Crippen molar-refractivity contribution >= 4 is 22.6 Å². The van der Waals surface area contributed by atoms with Crippen molar-refractivity contribution in [3.8, 4) is 0 Å². The van der Waals surface area contributed by atoms with Crippen molar-refractivity contribution < 1.29 is 8.78 Å². The van der Waals surface area contributed by atoms with E-state index in [-0.39, 0.29) is 12.1 Å². The lowest BCUT2D eigenvalue weighted by molar-refractivity contribution is 0.149. The van der Waals surface area contributed by atoms with E-state index in [1.807, 2.05) is 22.6 Å². The molecule has 0 spiro atoms. The molecule has 5 heteroatoms. The van der Waals surface area contributed by atoms with Crippen molar-refractivity contribution in [1.29, 1.82) is 0 Å². The molecule has 0 aliphatic rings. The Kier molecular flexibility index (Phi) is 3.55. The third-order valence-corrected chi connectivity index (χ3v) is 3.03. The Morgan fingerprint density at radius 1 is 1.62 bits per heavy atom. The monoisotopic (exact) mass is 298 g/mol. The lowest BCUT2D eigenvalue weighted by Gasteiger charge is -2.09. The molecule has 0 saturated heterocycles. The number of nitrogens with zero attached hydrogens (tertiary/aromatic N) is 1. The molecule has 1 heterocycles. The van der Waals surface area contributed by atoms with Gasteiger partial charge in [0.1, 0.15) is 0 Å². The van der Waals surface area contributed by atoms with E-state index in [9.17, 15) is 8.78 Å². The molecule has 0 aliphatic heterocycles. The van der Waals surface area contributed by atoms with Gasteiger partial charge in [-0.3, -0.25) is 4.98 Å². The highest BCUT2D eigenvalue weighted by molar-refractivity contribution is 14.1. The second-order valence-electron chi connectivity index (χ2n) is 2.60. The van der Waals surface area contributed by atoms with Crippen molar-refractivity contribution in [3.05, 3.63) is 26.6 Å². The van der Waals surface area contributed by atoms with E-state index < -0.39 is 6.43 Å². The minimum absolute atomic E-state index is 0.00329. The van der Waals surface area contributed by atoms with Crippen LogP contribution in [0.1, 0.15) is 23.2 Å². The van der Waals surface area contributed by atoms with Crippen molar-refractivity contribution in [1.82, 2.24) is 4.98 Å². The summed E-state index contributed by atoms with van der Waals surface area (Å²) in [6, 6.07) is 0. The van der Waals surface area contributed by atoms with Gasteiger partial charge in [-0.05, 0) is 35.1 Å². The zero-order chi connectivity index (χ0) is 10.0. The maximum atomic E-state index is 12.5. The lowest BCUT2D eigenvalue weighted by Crippen LogP contribution is -2.06. The Bertz CT molecular complexity index is 315. The first-order chi connectivity index (χ1) is 6.07. The fourth-order valence-electron chi connectivity index (χ4n) is 1.03. The molecular weight excluding hydrogens is 289 g/mol. The molecule has 0 amide bonds. The van der Waals surface area contributed by atoms with Crippen LogP contribution in [0.25, 0.3) is 0 Å². The molecule has 0 fully saturated rings. The fraction of sp³-hybridized carbons (Fsp3) is 0.375. The molecule has 2 N–H and O–H groups in total. The standard InChI is InChI=1S/C8H9F2IN2/c1-4-6(8(9)10)7(11)5(2-12)3-13-4/h3,8H,2,12H2,1H3. The number of nitrogens with two attached hydrogens (primary N) is 1. The molecule has 0 atom stereocenters. The Hall–Kier alpha value is -0.300. The van der Waals surface area contributed by atoms with Gasteiger partial charge in [-0.15, -0.1) is 0 Å². The van der Waals surface area contributed by atoms with Gasteiger partial charge in [0.2, 0.25) is 0 Å². The number of alkyl halides is 2. The maximum Gasteiger partial charge on any atom is 0.266 e. The Labute approximate surface area is 88.7 Å². The first-order valence-corrected chi connectivity index (χ1v) is 4.78. The number of rotatable bonds is 2. The summed E-state index contributed by atoms with van der Waals surface area (Å²) in [6.45, 7) is 1.81. The molecule has 0 saturated carbocycles. The van der Waals surface area contributed by atoms with Crippen LogP contribution in [0.5, 0.6) is 0 Å². The van der Waals surface area contributed by atoms with E-state index in [1.54, 1.807) is 13.1 Å². The van der Waals surface area contributed by atoms with Crippen molar-refractivity contribution in [2.24, 2.45) is 5.73 Å². The van der Waals surface area contributed by atoms with E-state index in [0.717, 1.165) is 0 Å². The van der Waals surface area contributed by atoms with Gasteiger partial charge >= 0.3 is 0 Å². The summed E-state index contributed by atoms with van der Waals surface area (Å²) in [5.41, 5.74) is 6.42. The molecule has 1 aromatic rings. The summed E-state index contributed by atoms with van der Waals surface area (Å²) >= 11 is 1.88. The maximum absolute atomic E-state index is 12.5. The van der Waals surface area contributed by atoms with Gasteiger partial charge in [0, 0.05) is 22.0 Å². The molecule has 0 bridgehead atoms. The van der Waals surface area contributed by atoms with Crippen LogP contribution >= 0.6 is 22.6 Å². The molecule has 13 heavy (non-hydrogen) atoms. The lowest BCUT2D eigenvalue weighted by atomic mass is 10.1. The SMILES string of the molecule is Cc1ncc(CN)c(I)c1C(F)F. The van der Waals surface area contributed by atoms with E-state index in [2.05, 4.69) is 4.98 Å². The number of pyridine rings is 1. The van der Waals surface area contributed by atoms with Gasteiger partial charge in [-0.1, -0.05) is 0 Å². The van der Waals surface area contributed by atoms with Crippen LogP contribution in [0.4, 0.5) is 8.78 Å². The van der Waals surface area contributed by atoms with Gasteiger partial charge in [-0.2, -0.15) is 0 Å². The minimum atomic E-state index is -2.48. The fourth-order valence-corrected chi connectivity index (χ4v) is 2.01. The number of hydrogen-bond donors (Lipinski definition) is 1. The molecule has 0 radical (unpaired) electrons. The van der Waals surface area contributed by atoms with E-state index in [0.29, 0.717) is 14.8 Å². The molecule has 1 aromatic heterocycles. The average molecular weight is 298 g/mol. The summed E-state index contributed by atoms with van der Waals surface area (Å²) in [5.74, 6) is 0. The third kappa shape index (κ3) is 2.14. The first-order valence-electron chi connectivity index (χ1n) is 3.70. The Balaban J connectivity index is 3.30. The molecule has 0 aromatic carbocycles. The van der Waals surface area contributed by atoms with Crippen LogP contribution in [0.3, 0.4) is 0 Å². The molecular formula is C8H9F2IN2. The van der Waals surface area contributed by atoms with Crippen LogP contribution < -0.4 is 5.73 Å². The predicted molar refractivity (Wildman–Crippen MR) is 54.5 cm³/mol. The van der Waals surface area contributed by atoms with Crippen LogP contribution in [0, 0.1) is 10.5 Å². The van der Waals surface area contributed by atoms with Crippen molar-refractivity contribution in [2.45, 2.75) is 19.9 Å². The summed E-state index contributed by atoms with van der Waals surface area (Å²) < 4.78 is 25.6. The van der Waals surface area contributed by atoms with Crippen LogP contribution in [0.15, 0.2) is 6.20 Å². The molecule has 0 unspecified atom stereocenters. The van der Waals surface area contributed by atoms with E-state index in [4.69, 9.17) is 5.73 Å². The highest BCUT2D eigenvalue weighted by Crippen LogP contribution is 2.28. The average Bonchev–Trinajstić information content (AvgIpc) is 2.04. The van der Waals surface area contributed by atoms with Crippen molar-refractivity contribution in [2.75, 3.05) is 0 Å². The molecule has 1 rings (SSSR count). The zero-order valence-electron chi connectivity index (χ0n) is 7.02. The zero-order valence-corrected chi connectivity index (χ0v) is 9.18. The Morgan fingerprint density at radius 2 is 2.23 bits per heavy atom. The largest absolute Gasteiger partial charge is 0.326 e. The van der Waals surface area contributed by atoms with Gasteiger partial charge in [-0.25, -0.2) is 8.78 Å². The molecule has 2 nitrogen and oxygen atoms in total.